The van der Waals surface area contributed by atoms with E-state index < -0.39 is 89.3 Å². The number of likely N-dealkylation sites (N-methyl/N-ethyl adjacent to an activating group) is 1. The molecule has 1 saturated carbocycles. The number of esters is 1. The Balaban J connectivity index is 1.47. The van der Waals surface area contributed by atoms with E-state index in [0.717, 1.165) is 24.2 Å². The number of hydrogen-bond donors (Lipinski definition) is 6. The number of ketones is 1. The third kappa shape index (κ3) is 10.4. The fraction of sp³-hybridized carbons (Fsp3) is 0.780. The van der Waals surface area contributed by atoms with E-state index in [9.17, 15) is 34.8 Å². The van der Waals surface area contributed by atoms with Gasteiger partial charge in [0.2, 0.25) is 5.91 Å². The molecule has 0 aromatic heterocycles. The van der Waals surface area contributed by atoms with Crippen LogP contribution in [0.15, 0.2) is 24.3 Å². The van der Waals surface area contributed by atoms with Crippen molar-refractivity contribution in [1.82, 2.24) is 10.4 Å². The van der Waals surface area contributed by atoms with E-state index in [1.165, 1.54) is 0 Å². The molecule has 3 aliphatic rings. The van der Waals surface area contributed by atoms with Crippen LogP contribution < -0.4 is 10.2 Å². The van der Waals surface area contributed by atoms with Crippen molar-refractivity contribution in [3.8, 4) is 5.75 Å². The standard InChI is InChI=1S/C41H66N2O12/c1-22-20-40(7,8)36(25(4)33(46)26(5)38(49)54-37-27(6)41(37,50)35(48)24(3)32(22)45)55-39-34(47)30(19-23(2)53-39)43(9)21-28-14-16-29(17-15-28)52-18-12-10-11-13-31(44)42-51/h14-17,22-27,30,33-37,39,46-48,50-51H,10-13,18-21H2,1-9H3,(H,42,44)/t22-,23-,24+,25+,26-,27?,30+,33-,34-,35-,36-,37?,39?,41+/m1/s1. The Morgan fingerprint density at radius 3 is 2.25 bits per heavy atom. The average Bonchev–Trinajstić information content (AvgIpc) is 3.67. The van der Waals surface area contributed by atoms with Crippen molar-refractivity contribution in [2.24, 2.45) is 35.0 Å². The quantitative estimate of drug-likeness (QED) is 0.0781. The number of benzene rings is 1. The number of hydrogen-bond acceptors (Lipinski definition) is 13. The molecule has 1 aromatic rings. The number of nitrogens with zero attached hydrogens (tertiary/aromatic N) is 1. The van der Waals surface area contributed by atoms with E-state index >= 15 is 0 Å². The molecule has 3 fully saturated rings. The molecule has 2 heterocycles. The maximum atomic E-state index is 13.7. The zero-order valence-electron chi connectivity index (χ0n) is 34.0. The summed E-state index contributed by atoms with van der Waals surface area (Å²) in [6.07, 6.45) is -3.61. The van der Waals surface area contributed by atoms with Gasteiger partial charge in [0.05, 0.1) is 36.9 Å². The van der Waals surface area contributed by atoms with Crippen LogP contribution in [0.5, 0.6) is 5.75 Å². The summed E-state index contributed by atoms with van der Waals surface area (Å²) in [6.45, 7) is 15.1. The molecule has 55 heavy (non-hydrogen) atoms. The number of nitrogens with one attached hydrogen (secondary N) is 1. The lowest BCUT2D eigenvalue weighted by atomic mass is 9.70. The lowest BCUT2D eigenvalue weighted by Crippen LogP contribution is -2.58. The molecular weight excluding hydrogens is 712 g/mol. The predicted molar refractivity (Wildman–Crippen MR) is 201 cm³/mol. The van der Waals surface area contributed by atoms with Crippen LogP contribution in [0.3, 0.4) is 0 Å². The van der Waals surface area contributed by atoms with Crippen molar-refractivity contribution in [2.45, 2.75) is 155 Å². The SMILES string of the molecule is CC1C2OC(=O)[C@H](C)[C@H](O)[C@H](C)[C@@H](OC3O[C@H](C)C[C@H](N(C)Cc4ccc(OCCCCCC(=O)NO)cc4)[C@H]3O)C(C)(C)C[C@@H](C)C(=O)[C@H](C)[C@@H](O)[C@@]12O. The van der Waals surface area contributed by atoms with Gasteiger partial charge in [0.25, 0.3) is 0 Å². The van der Waals surface area contributed by atoms with Gasteiger partial charge in [-0.3, -0.25) is 24.5 Å². The molecular formula is C41H66N2O12. The van der Waals surface area contributed by atoms with Gasteiger partial charge in [-0.15, -0.1) is 0 Å². The second kappa shape index (κ2) is 18.7. The molecule has 14 nitrogen and oxygen atoms in total. The Labute approximate surface area is 325 Å². The van der Waals surface area contributed by atoms with E-state index in [-0.39, 0.29) is 24.3 Å². The number of aliphatic hydroxyl groups is 4. The number of aliphatic hydroxyl groups excluding tert-OH is 3. The molecule has 0 radical (unpaired) electrons. The van der Waals surface area contributed by atoms with Crippen LogP contribution in [0.4, 0.5) is 0 Å². The molecule has 312 valence electrons. The molecule has 3 unspecified atom stereocenters. The van der Waals surface area contributed by atoms with Crippen LogP contribution in [-0.2, 0) is 35.1 Å². The first-order chi connectivity index (χ1) is 25.7. The molecule has 4 rings (SSSR count). The van der Waals surface area contributed by atoms with Crippen molar-refractivity contribution < 1.29 is 59.0 Å². The second-order valence-electron chi connectivity index (χ2n) is 17.3. The van der Waals surface area contributed by atoms with Crippen molar-refractivity contribution in [1.29, 1.82) is 0 Å². The minimum atomic E-state index is -1.76. The first kappa shape index (κ1) is 45.0. The predicted octanol–water partition coefficient (Wildman–Crippen LogP) is 3.37. The number of carbonyl (C=O) groups excluding carboxylic acids is 3. The highest BCUT2D eigenvalue weighted by Gasteiger charge is 2.70. The normalized spacial score (nSPS) is 38.4. The summed E-state index contributed by atoms with van der Waals surface area (Å²) < 4.78 is 24.4. The lowest BCUT2D eigenvalue weighted by Gasteiger charge is -2.47. The van der Waals surface area contributed by atoms with E-state index in [0.29, 0.717) is 32.4 Å². The Morgan fingerprint density at radius 2 is 1.62 bits per heavy atom. The first-order valence-electron chi connectivity index (χ1n) is 19.9. The Morgan fingerprint density at radius 1 is 0.964 bits per heavy atom. The highest BCUT2D eigenvalue weighted by molar-refractivity contribution is 5.83. The Hall–Kier alpha value is -2.69. The highest BCUT2D eigenvalue weighted by atomic mass is 16.7. The average molecular weight is 779 g/mol. The first-order valence-corrected chi connectivity index (χ1v) is 19.9. The number of rotatable bonds is 12. The summed E-state index contributed by atoms with van der Waals surface area (Å²) in [6, 6.07) is 7.39. The van der Waals surface area contributed by atoms with Gasteiger partial charge in [0, 0.05) is 42.7 Å². The number of fused-ring (bicyclic) bond motifs is 1. The zero-order valence-corrected chi connectivity index (χ0v) is 34.0. The number of carbonyl (C=O) groups is 3. The maximum Gasteiger partial charge on any atom is 0.311 e. The molecule has 0 bridgehead atoms. The van der Waals surface area contributed by atoms with Crippen LogP contribution in [-0.4, -0.2) is 116 Å². The van der Waals surface area contributed by atoms with Crippen molar-refractivity contribution in [3.05, 3.63) is 29.8 Å². The number of Topliss-reactive ketones (excluding diaryl/α,β-unsaturated/α-hetero) is 1. The number of amides is 1. The number of unbranched alkanes of at least 4 members (excludes halogenated alkanes) is 2. The van der Waals surface area contributed by atoms with E-state index in [1.807, 2.05) is 52.1 Å². The molecule has 1 aliphatic carbocycles. The minimum Gasteiger partial charge on any atom is -0.494 e. The highest BCUT2D eigenvalue weighted by Crippen LogP contribution is 2.51. The second-order valence-corrected chi connectivity index (χ2v) is 17.3. The minimum absolute atomic E-state index is 0.249. The van der Waals surface area contributed by atoms with Crippen LogP contribution in [0.2, 0.25) is 0 Å². The van der Waals surface area contributed by atoms with Crippen LogP contribution in [0.1, 0.15) is 99.5 Å². The van der Waals surface area contributed by atoms with Crippen LogP contribution >= 0.6 is 0 Å². The van der Waals surface area contributed by atoms with Gasteiger partial charge in [-0.1, -0.05) is 53.7 Å². The molecule has 6 N–H and O–H groups in total. The van der Waals surface area contributed by atoms with Gasteiger partial charge in [-0.25, -0.2) is 5.48 Å². The van der Waals surface area contributed by atoms with Gasteiger partial charge in [0.1, 0.15) is 29.3 Å². The van der Waals surface area contributed by atoms with Gasteiger partial charge in [0.15, 0.2) is 6.29 Å². The third-order valence-corrected chi connectivity index (χ3v) is 12.4. The smallest absolute Gasteiger partial charge is 0.311 e. The molecule has 0 spiro atoms. The van der Waals surface area contributed by atoms with Gasteiger partial charge >= 0.3 is 5.97 Å². The summed E-state index contributed by atoms with van der Waals surface area (Å²) in [5.74, 6) is -4.43. The summed E-state index contributed by atoms with van der Waals surface area (Å²) in [5.41, 5.74) is 0.0829. The summed E-state index contributed by atoms with van der Waals surface area (Å²) in [7, 11) is 1.93. The molecule has 14 heteroatoms. The molecule has 1 amide bonds. The lowest BCUT2D eigenvalue weighted by molar-refractivity contribution is -0.291. The molecule has 2 aliphatic heterocycles. The number of ether oxygens (including phenoxy) is 4. The summed E-state index contributed by atoms with van der Waals surface area (Å²) in [4.78, 5) is 40.2. The van der Waals surface area contributed by atoms with Crippen LogP contribution in [0.25, 0.3) is 0 Å². The van der Waals surface area contributed by atoms with E-state index in [2.05, 4.69) is 4.90 Å². The fourth-order valence-corrected chi connectivity index (χ4v) is 8.83. The van der Waals surface area contributed by atoms with Crippen molar-refractivity contribution >= 4 is 17.7 Å². The number of hydroxylamine groups is 1. The van der Waals surface area contributed by atoms with Gasteiger partial charge in [-0.2, -0.15) is 0 Å². The molecule has 2 saturated heterocycles. The van der Waals surface area contributed by atoms with Crippen molar-refractivity contribution in [3.63, 3.8) is 0 Å². The summed E-state index contributed by atoms with van der Waals surface area (Å²) in [5, 5.41) is 54.5. The van der Waals surface area contributed by atoms with Gasteiger partial charge in [-0.05, 0) is 76.1 Å². The fourth-order valence-electron chi connectivity index (χ4n) is 8.83. The van der Waals surface area contributed by atoms with Gasteiger partial charge < -0.3 is 39.4 Å². The monoisotopic (exact) mass is 778 g/mol. The van der Waals surface area contributed by atoms with E-state index in [4.69, 9.17) is 24.2 Å². The maximum absolute atomic E-state index is 13.7. The Kier molecular flexibility index (Phi) is 15.3. The largest absolute Gasteiger partial charge is 0.494 e. The topological polar surface area (TPSA) is 205 Å². The van der Waals surface area contributed by atoms with Crippen molar-refractivity contribution in [2.75, 3.05) is 13.7 Å². The Bertz CT molecular complexity index is 1440. The van der Waals surface area contributed by atoms with E-state index in [1.54, 1.807) is 40.1 Å². The third-order valence-electron chi connectivity index (χ3n) is 12.4. The summed E-state index contributed by atoms with van der Waals surface area (Å²) >= 11 is 0. The van der Waals surface area contributed by atoms with Crippen LogP contribution in [0, 0.1) is 35.0 Å². The zero-order chi connectivity index (χ0) is 41.0. The molecule has 1 aromatic carbocycles. The molecule has 14 atom stereocenters.